The number of amides is 4. The van der Waals surface area contributed by atoms with Crippen LogP contribution in [0.15, 0.2) is 54.6 Å². The third-order valence-corrected chi connectivity index (χ3v) is 5.50. The van der Waals surface area contributed by atoms with E-state index in [1.807, 2.05) is 13.0 Å². The molecule has 8 nitrogen and oxygen atoms in total. The van der Waals surface area contributed by atoms with E-state index in [4.69, 9.17) is 0 Å². The van der Waals surface area contributed by atoms with Gasteiger partial charge in [-0.15, -0.1) is 0 Å². The molecule has 33 heavy (non-hydrogen) atoms. The summed E-state index contributed by atoms with van der Waals surface area (Å²) in [5.41, 5.74) is 0.738. The maximum Gasteiger partial charge on any atom is 0.244 e. The number of carbonyl (C=O) groups excluding carboxylic acids is 5. The van der Waals surface area contributed by atoms with E-state index in [1.54, 1.807) is 56.3 Å². The molecule has 176 valence electrons. The molecule has 1 fully saturated rings. The molecule has 2 rings (SSSR count). The Morgan fingerprint density at radius 3 is 2.24 bits per heavy atom. The van der Waals surface area contributed by atoms with Crippen molar-refractivity contribution in [3.63, 3.8) is 0 Å². The third kappa shape index (κ3) is 6.97. The van der Waals surface area contributed by atoms with E-state index in [2.05, 4.69) is 16.0 Å². The van der Waals surface area contributed by atoms with Crippen LogP contribution in [0.2, 0.25) is 0 Å². The predicted octanol–water partition coefficient (Wildman–Crippen LogP) is 1.98. The van der Waals surface area contributed by atoms with Crippen LogP contribution >= 0.6 is 0 Å². The lowest BCUT2D eigenvalue weighted by atomic mass is 9.85. The summed E-state index contributed by atoms with van der Waals surface area (Å²) >= 11 is 0. The molecular weight excluding hydrogens is 422 g/mol. The monoisotopic (exact) mass is 453 g/mol. The highest BCUT2D eigenvalue weighted by molar-refractivity contribution is 6.16. The molecule has 4 atom stereocenters. The van der Waals surface area contributed by atoms with E-state index in [9.17, 15) is 24.0 Å². The Labute approximate surface area is 193 Å². The molecule has 1 aliphatic heterocycles. The molecule has 0 unspecified atom stereocenters. The maximum atomic E-state index is 13.1. The van der Waals surface area contributed by atoms with Crippen molar-refractivity contribution in [3.8, 4) is 0 Å². The zero-order chi connectivity index (χ0) is 24.5. The molecule has 0 aliphatic carbocycles. The zero-order valence-corrected chi connectivity index (χ0v) is 19.3. The second-order valence-corrected chi connectivity index (χ2v) is 8.37. The van der Waals surface area contributed by atoms with E-state index in [1.165, 1.54) is 13.0 Å². The quantitative estimate of drug-likeness (QED) is 0.216. The van der Waals surface area contributed by atoms with Crippen LogP contribution in [-0.4, -0.2) is 35.5 Å². The molecule has 0 saturated carbocycles. The highest BCUT2D eigenvalue weighted by Gasteiger charge is 2.46. The third-order valence-electron chi connectivity index (χ3n) is 5.50. The number of carbonyl (C=O) groups is 5. The Kier molecular flexibility index (Phi) is 9.27. The SMILES string of the molecule is CC=CC=CC(=O)N[C@@H](CC(=O)N[C@H](C(=O)[C@@H]1C(=O)NC(=O)[C@H]1C)C(C)C)c1ccccc1. The molecule has 4 amide bonds. The van der Waals surface area contributed by atoms with Gasteiger partial charge in [0.05, 0.1) is 24.4 Å². The first-order valence-electron chi connectivity index (χ1n) is 11.0. The highest BCUT2D eigenvalue weighted by Crippen LogP contribution is 2.24. The Balaban J connectivity index is 2.16. The molecule has 1 aromatic rings. The Morgan fingerprint density at radius 2 is 1.70 bits per heavy atom. The lowest BCUT2D eigenvalue weighted by molar-refractivity contribution is -0.137. The van der Waals surface area contributed by atoms with E-state index >= 15 is 0 Å². The van der Waals surface area contributed by atoms with Crippen molar-refractivity contribution < 1.29 is 24.0 Å². The summed E-state index contributed by atoms with van der Waals surface area (Å²) < 4.78 is 0. The second kappa shape index (κ2) is 11.9. The number of allylic oxidation sites excluding steroid dienone is 3. The summed E-state index contributed by atoms with van der Waals surface area (Å²) in [6.07, 6.45) is 6.36. The van der Waals surface area contributed by atoms with Crippen LogP contribution in [-0.2, 0) is 24.0 Å². The zero-order valence-electron chi connectivity index (χ0n) is 19.3. The minimum atomic E-state index is -1.13. The van der Waals surface area contributed by atoms with Crippen LogP contribution < -0.4 is 16.0 Å². The lowest BCUT2D eigenvalue weighted by Crippen LogP contribution is -2.49. The minimum Gasteiger partial charge on any atom is -0.346 e. The Bertz CT molecular complexity index is 952. The van der Waals surface area contributed by atoms with Gasteiger partial charge in [0.2, 0.25) is 23.6 Å². The van der Waals surface area contributed by atoms with Gasteiger partial charge in [0.15, 0.2) is 5.78 Å². The summed E-state index contributed by atoms with van der Waals surface area (Å²) in [5.74, 6) is -4.67. The van der Waals surface area contributed by atoms with Gasteiger partial charge in [-0.05, 0) is 18.4 Å². The maximum absolute atomic E-state index is 13.1. The van der Waals surface area contributed by atoms with Gasteiger partial charge >= 0.3 is 0 Å². The molecule has 0 bridgehead atoms. The number of benzene rings is 1. The van der Waals surface area contributed by atoms with Crippen LogP contribution in [0, 0.1) is 17.8 Å². The van der Waals surface area contributed by atoms with Crippen LogP contribution in [0.25, 0.3) is 0 Å². The van der Waals surface area contributed by atoms with Gasteiger partial charge in [-0.2, -0.15) is 0 Å². The first-order chi connectivity index (χ1) is 15.6. The van der Waals surface area contributed by atoms with Gasteiger partial charge in [-0.1, -0.05) is 69.3 Å². The van der Waals surface area contributed by atoms with Crippen molar-refractivity contribution >= 4 is 29.4 Å². The van der Waals surface area contributed by atoms with E-state index < -0.39 is 47.4 Å². The highest BCUT2D eigenvalue weighted by atomic mass is 16.2. The van der Waals surface area contributed by atoms with Crippen molar-refractivity contribution in [3.05, 3.63) is 60.2 Å². The van der Waals surface area contributed by atoms with Gasteiger partial charge in [-0.3, -0.25) is 29.3 Å². The van der Waals surface area contributed by atoms with Gasteiger partial charge in [0.25, 0.3) is 0 Å². The summed E-state index contributed by atoms with van der Waals surface area (Å²) in [5, 5.41) is 7.70. The lowest BCUT2D eigenvalue weighted by Gasteiger charge is -2.25. The molecule has 1 aromatic carbocycles. The van der Waals surface area contributed by atoms with Crippen molar-refractivity contribution in [2.75, 3.05) is 0 Å². The number of nitrogens with one attached hydrogen (secondary N) is 3. The molecule has 1 heterocycles. The molecule has 3 N–H and O–H groups in total. The van der Waals surface area contributed by atoms with Gasteiger partial charge in [0.1, 0.15) is 5.92 Å². The molecule has 0 radical (unpaired) electrons. The van der Waals surface area contributed by atoms with E-state index in [-0.39, 0.29) is 18.2 Å². The molecule has 0 aromatic heterocycles. The first kappa shape index (κ1) is 25.7. The van der Waals surface area contributed by atoms with Gasteiger partial charge < -0.3 is 10.6 Å². The molecule has 1 aliphatic rings. The number of imide groups is 1. The van der Waals surface area contributed by atoms with Crippen molar-refractivity contribution in [2.45, 2.75) is 46.2 Å². The largest absolute Gasteiger partial charge is 0.346 e. The molecule has 8 heteroatoms. The number of rotatable bonds is 10. The number of ketones is 1. The minimum absolute atomic E-state index is 0.102. The number of hydrogen-bond donors (Lipinski definition) is 3. The summed E-state index contributed by atoms with van der Waals surface area (Å²) in [7, 11) is 0. The van der Waals surface area contributed by atoms with E-state index in [0.717, 1.165) is 5.56 Å². The molecule has 0 spiro atoms. The summed E-state index contributed by atoms with van der Waals surface area (Å²) in [6, 6.07) is 7.48. The van der Waals surface area contributed by atoms with Crippen LogP contribution in [0.1, 0.15) is 45.7 Å². The van der Waals surface area contributed by atoms with Crippen molar-refractivity contribution in [1.29, 1.82) is 0 Å². The van der Waals surface area contributed by atoms with Crippen LogP contribution in [0.4, 0.5) is 0 Å². The molecule has 1 saturated heterocycles. The molecular formula is C25H31N3O5. The van der Waals surface area contributed by atoms with Crippen molar-refractivity contribution in [2.24, 2.45) is 17.8 Å². The second-order valence-electron chi connectivity index (χ2n) is 8.37. The average molecular weight is 454 g/mol. The fourth-order valence-electron chi connectivity index (χ4n) is 3.66. The Morgan fingerprint density at radius 1 is 1.03 bits per heavy atom. The fraction of sp³-hybridized carbons (Fsp3) is 0.400. The number of Topliss-reactive ketones (excluding diaryl/α,β-unsaturated/α-hetero) is 1. The van der Waals surface area contributed by atoms with Crippen molar-refractivity contribution in [1.82, 2.24) is 16.0 Å². The van der Waals surface area contributed by atoms with Crippen LogP contribution in [0.3, 0.4) is 0 Å². The Hall–Kier alpha value is -3.55. The standard InChI is InChI=1S/C25H31N3O5/c1-5-6-8-13-19(29)26-18(17-11-9-7-10-12-17)14-20(30)27-22(15(2)3)23(31)21-16(4)24(32)28-25(21)33/h5-13,15-16,18,21-22H,14H2,1-4H3,(H,26,29)(H,27,30)(H,28,32,33)/t16-,18-,21+,22-/m0/s1. The van der Waals surface area contributed by atoms with Gasteiger partial charge in [-0.25, -0.2) is 0 Å². The topological polar surface area (TPSA) is 121 Å². The normalized spacial score (nSPS) is 20.2. The smallest absolute Gasteiger partial charge is 0.244 e. The van der Waals surface area contributed by atoms with Crippen LogP contribution in [0.5, 0.6) is 0 Å². The number of hydrogen-bond acceptors (Lipinski definition) is 5. The predicted molar refractivity (Wildman–Crippen MR) is 123 cm³/mol. The summed E-state index contributed by atoms with van der Waals surface area (Å²) in [4.78, 5) is 62.2. The average Bonchev–Trinajstić information content (AvgIpc) is 3.03. The van der Waals surface area contributed by atoms with E-state index in [0.29, 0.717) is 0 Å². The van der Waals surface area contributed by atoms with Gasteiger partial charge in [0, 0.05) is 6.08 Å². The first-order valence-corrected chi connectivity index (χ1v) is 11.0. The fourth-order valence-corrected chi connectivity index (χ4v) is 3.66. The summed E-state index contributed by atoms with van der Waals surface area (Å²) in [6.45, 7) is 6.86.